The molecule has 0 saturated carbocycles. The highest BCUT2D eigenvalue weighted by Gasteiger charge is 2.27. The van der Waals surface area contributed by atoms with Crippen molar-refractivity contribution in [2.24, 2.45) is 0 Å². The van der Waals surface area contributed by atoms with Gasteiger partial charge >= 0.3 is 7.82 Å². The lowest BCUT2D eigenvalue weighted by atomic mass is 11.8. The quantitative estimate of drug-likeness (QED) is 0.569. The van der Waals surface area contributed by atoms with Crippen molar-refractivity contribution in [3.8, 4) is 0 Å². The van der Waals surface area contributed by atoms with E-state index in [4.69, 9.17) is 0 Å². The highest BCUT2D eigenvalue weighted by atomic mass is 31.2. The second-order valence-electron chi connectivity index (χ2n) is 0.768. The molecule has 0 amide bonds. The average molecular weight is 148 g/mol. The first-order valence-corrected chi connectivity index (χ1v) is 2.91. The molecule has 0 saturated heterocycles. The van der Waals surface area contributed by atoms with E-state index in [9.17, 15) is 13.6 Å². The van der Waals surface area contributed by atoms with Crippen molar-refractivity contribution in [2.45, 2.75) is 0 Å². The third kappa shape index (κ3) is 1.83. The van der Waals surface area contributed by atoms with Gasteiger partial charge in [0.2, 0.25) is 0 Å². The second kappa shape index (κ2) is 3.09. The van der Waals surface area contributed by atoms with Crippen LogP contribution >= 0.6 is 7.82 Å². The lowest BCUT2D eigenvalue weighted by molar-refractivity contribution is -0.114. The summed E-state index contributed by atoms with van der Waals surface area (Å²) in [6.07, 6.45) is 0. The average Bonchev–Trinajstić information content (AvgIpc) is 1.87. The summed E-state index contributed by atoms with van der Waals surface area (Å²) < 4.78 is 40.0. The Hall–Kier alpha value is -0.0300. The summed E-state index contributed by atoms with van der Waals surface area (Å²) in [6, 6.07) is 0. The number of halogens is 2. The van der Waals surface area contributed by atoms with E-state index in [1.165, 1.54) is 0 Å². The fourth-order valence-electron chi connectivity index (χ4n) is 0.0670. The Kier molecular flexibility index (Phi) is 3.08. The third-order valence-corrected chi connectivity index (χ3v) is 1.18. The maximum absolute atomic E-state index is 10.8. The Morgan fingerprint density at radius 3 is 1.75 bits per heavy atom. The number of phosphoric acid groups is 1. The van der Waals surface area contributed by atoms with Gasteiger partial charge in [0, 0.05) is 7.11 Å². The SMILES string of the molecule is COP(=O)(OF)OF. The van der Waals surface area contributed by atoms with Gasteiger partial charge in [-0.05, 0) is 9.05 Å². The summed E-state index contributed by atoms with van der Waals surface area (Å²) in [7, 11) is -3.72. The molecular weight excluding hydrogens is 145 g/mol. The first kappa shape index (κ1) is 7.97. The highest BCUT2D eigenvalue weighted by Crippen LogP contribution is 2.48. The summed E-state index contributed by atoms with van der Waals surface area (Å²) in [4.78, 5) is 0. The molecule has 8 heavy (non-hydrogen) atoms. The van der Waals surface area contributed by atoms with Crippen LogP contribution in [-0.4, -0.2) is 7.11 Å². The van der Waals surface area contributed by atoms with Crippen molar-refractivity contribution in [1.82, 2.24) is 0 Å². The zero-order valence-corrected chi connectivity index (χ0v) is 4.73. The Bertz CT molecular complexity index is 85.2. The Morgan fingerprint density at radius 1 is 1.38 bits per heavy atom. The standard InChI is InChI=1S/CH3F2O4P/c1-5-8(4,6-2)7-3/h1H3. The normalized spacial score (nSPS) is 11.9. The molecule has 0 aromatic carbocycles. The molecule has 7 heteroatoms. The summed E-state index contributed by atoms with van der Waals surface area (Å²) >= 11 is 0. The topological polar surface area (TPSA) is 44.8 Å². The van der Waals surface area contributed by atoms with Crippen molar-refractivity contribution < 1.29 is 27.6 Å². The van der Waals surface area contributed by atoms with Gasteiger partial charge in [0.15, 0.2) is 0 Å². The molecule has 0 rings (SSSR count). The molecule has 0 radical (unpaired) electrons. The van der Waals surface area contributed by atoms with Crippen molar-refractivity contribution in [2.75, 3.05) is 7.11 Å². The Balaban J connectivity index is 3.79. The van der Waals surface area contributed by atoms with E-state index >= 15 is 0 Å². The van der Waals surface area contributed by atoms with Crippen molar-refractivity contribution in [3.63, 3.8) is 0 Å². The Morgan fingerprint density at radius 2 is 1.75 bits per heavy atom. The molecular formula is CH3F2O4P. The van der Waals surface area contributed by atoms with Crippen LogP contribution in [0.2, 0.25) is 0 Å². The molecule has 0 atom stereocenters. The van der Waals surface area contributed by atoms with E-state index in [0.29, 0.717) is 0 Å². The van der Waals surface area contributed by atoms with Gasteiger partial charge in [-0.3, -0.25) is 4.52 Å². The van der Waals surface area contributed by atoms with Crippen LogP contribution in [0.4, 0.5) is 9.05 Å². The van der Waals surface area contributed by atoms with Crippen molar-refractivity contribution in [3.05, 3.63) is 0 Å². The minimum absolute atomic E-state index is 0.778. The second-order valence-corrected chi connectivity index (χ2v) is 2.30. The van der Waals surface area contributed by atoms with Crippen molar-refractivity contribution >= 4 is 7.82 Å². The molecule has 4 nitrogen and oxygen atoms in total. The highest BCUT2D eigenvalue weighted by molar-refractivity contribution is 7.48. The van der Waals surface area contributed by atoms with Gasteiger partial charge in [0.1, 0.15) is 0 Å². The van der Waals surface area contributed by atoms with Gasteiger partial charge in [-0.2, -0.15) is 0 Å². The smallest absolute Gasteiger partial charge is 0.287 e. The zero-order valence-electron chi connectivity index (χ0n) is 3.84. The number of rotatable bonds is 3. The van der Waals surface area contributed by atoms with Crippen LogP contribution in [0.25, 0.3) is 0 Å². The fraction of sp³-hybridized carbons (Fsp3) is 1.00. The van der Waals surface area contributed by atoms with E-state index in [-0.39, 0.29) is 0 Å². The summed E-state index contributed by atoms with van der Waals surface area (Å²) in [5.74, 6) is 0. The van der Waals surface area contributed by atoms with Gasteiger partial charge in [0.05, 0.1) is 0 Å². The van der Waals surface area contributed by atoms with Crippen molar-refractivity contribution in [1.29, 1.82) is 0 Å². The Labute approximate surface area is 43.8 Å². The van der Waals surface area contributed by atoms with Gasteiger partial charge in [-0.1, -0.05) is 9.46 Å². The molecule has 0 fully saturated rings. The van der Waals surface area contributed by atoms with E-state index < -0.39 is 7.82 Å². The van der Waals surface area contributed by atoms with Crippen LogP contribution in [0, 0.1) is 0 Å². The minimum Gasteiger partial charge on any atom is -0.287 e. The molecule has 0 spiro atoms. The van der Waals surface area contributed by atoms with Crippen LogP contribution in [0.5, 0.6) is 0 Å². The lowest BCUT2D eigenvalue weighted by Gasteiger charge is -1.99. The minimum atomic E-state index is -4.50. The maximum atomic E-state index is 10.8. The predicted molar refractivity (Wildman–Crippen MR) is 19.0 cm³/mol. The summed E-state index contributed by atoms with van der Waals surface area (Å²) in [5.41, 5.74) is 0. The molecule has 50 valence electrons. The molecule has 0 aliphatic heterocycles. The van der Waals surface area contributed by atoms with Gasteiger partial charge in [-0.15, -0.1) is 0 Å². The van der Waals surface area contributed by atoms with Crippen LogP contribution < -0.4 is 0 Å². The summed E-state index contributed by atoms with van der Waals surface area (Å²) in [6.45, 7) is 0. The predicted octanol–water partition coefficient (Wildman–Crippen LogP) is 1.54. The molecule has 0 aliphatic carbocycles. The molecule has 0 aromatic rings. The molecule has 0 heterocycles. The first-order valence-electron chi connectivity index (χ1n) is 1.45. The van der Waals surface area contributed by atoms with Gasteiger partial charge < -0.3 is 0 Å². The molecule has 0 bridgehead atoms. The lowest BCUT2D eigenvalue weighted by Crippen LogP contribution is -1.83. The third-order valence-electron chi connectivity index (χ3n) is 0.393. The van der Waals surface area contributed by atoms with Crippen LogP contribution in [0.1, 0.15) is 0 Å². The number of hydrogen-bond donors (Lipinski definition) is 0. The van der Waals surface area contributed by atoms with E-state index in [2.05, 4.69) is 14.0 Å². The largest absolute Gasteiger partial charge is 0.537 e. The molecule has 0 unspecified atom stereocenters. The zero-order chi connectivity index (χ0) is 6.62. The van der Waals surface area contributed by atoms with Gasteiger partial charge in [-0.25, -0.2) is 4.57 Å². The van der Waals surface area contributed by atoms with Gasteiger partial charge in [0.25, 0.3) is 0 Å². The summed E-state index contributed by atoms with van der Waals surface area (Å²) in [5, 5.41) is 0. The van der Waals surface area contributed by atoms with Crippen LogP contribution in [0.3, 0.4) is 0 Å². The molecule has 0 aliphatic rings. The molecule has 0 aromatic heterocycles. The van der Waals surface area contributed by atoms with E-state index in [0.717, 1.165) is 7.11 Å². The van der Waals surface area contributed by atoms with E-state index in [1.807, 2.05) is 0 Å². The van der Waals surface area contributed by atoms with Crippen LogP contribution in [-0.2, 0) is 18.5 Å². The monoisotopic (exact) mass is 148 g/mol. The van der Waals surface area contributed by atoms with E-state index in [1.54, 1.807) is 0 Å². The molecule has 0 N–H and O–H groups in total. The van der Waals surface area contributed by atoms with Crippen LogP contribution in [0.15, 0.2) is 0 Å². The fourth-order valence-corrected chi connectivity index (χ4v) is 0.201. The number of hydrogen-bond acceptors (Lipinski definition) is 4. The first-order chi connectivity index (χ1) is 3.68. The maximum Gasteiger partial charge on any atom is 0.537 e.